The first-order chi connectivity index (χ1) is 14.1. The molecule has 0 unspecified atom stereocenters. The van der Waals surface area contributed by atoms with Crippen molar-refractivity contribution in [1.82, 2.24) is 24.9 Å². The molecule has 1 aromatic heterocycles. The number of guanidine groups is 1. The highest BCUT2D eigenvalue weighted by Gasteiger charge is 2.28. The van der Waals surface area contributed by atoms with Crippen molar-refractivity contribution in [2.45, 2.75) is 39.7 Å². The maximum absolute atomic E-state index is 12.6. The Kier molecular flexibility index (Phi) is 8.08. The van der Waals surface area contributed by atoms with Gasteiger partial charge in [-0.15, -0.1) is 0 Å². The second kappa shape index (κ2) is 10.3. The quantitative estimate of drug-likeness (QED) is 0.549. The van der Waals surface area contributed by atoms with Crippen molar-refractivity contribution >= 4 is 23.6 Å². The minimum Gasteiger partial charge on any atom is -0.444 e. The van der Waals surface area contributed by atoms with Gasteiger partial charge in [-0.2, -0.15) is 5.10 Å². The summed E-state index contributed by atoms with van der Waals surface area (Å²) in [6, 6.07) is 0. The zero-order chi connectivity index (χ0) is 22.3. The molecule has 0 bridgehead atoms. The average Bonchev–Trinajstić information content (AvgIpc) is 3.09. The van der Waals surface area contributed by atoms with E-state index in [0.29, 0.717) is 38.7 Å². The van der Waals surface area contributed by atoms with Crippen LogP contribution in [0.25, 0.3) is 0 Å². The number of nitrogens with one attached hydrogen (secondary N) is 1. The van der Waals surface area contributed by atoms with Gasteiger partial charge in [-0.3, -0.25) is 14.5 Å². The van der Waals surface area contributed by atoms with Gasteiger partial charge in [0, 0.05) is 53.0 Å². The maximum atomic E-state index is 12.6. The lowest BCUT2D eigenvalue weighted by Gasteiger charge is -2.35. The number of rotatable bonds is 6. The predicted octanol–water partition coefficient (Wildman–Crippen LogP) is 1.29. The van der Waals surface area contributed by atoms with Crippen LogP contribution in [-0.4, -0.2) is 89.5 Å². The third-order valence-electron chi connectivity index (χ3n) is 4.55. The van der Waals surface area contributed by atoms with Crippen molar-refractivity contribution in [3.05, 3.63) is 12.4 Å². The summed E-state index contributed by atoms with van der Waals surface area (Å²) in [6.45, 7) is 10.7. The molecule has 2 heterocycles. The number of nitrogens with zero attached hydrogens (tertiary/aromatic N) is 6. The number of aliphatic imine (C=N–C) groups is 1. The van der Waals surface area contributed by atoms with Gasteiger partial charge >= 0.3 is 6.09 Å². The van der Waals surface area contributed by atoms with Crippen molar-refractivity contribution in [3.8, 4) is 0 Å². The van der Waals surface area contributed by atoms with E-state index in [0.717, 1.165) is 12.1 Å². The summed E-state index contributed by atoms with van der Waals surface area (Å²) < 4.78 is 7.17. The SMILES string of the molecule is CCCN(CCNC(=NC)N1CCN(c2cnn(C)c2)C(=O)C1)C(=O)OC(C)(C)C. The molecular weight excluding hydrogens is 386 g/mol. The molecule has 10 heteroatoms. The van der Waals surface area contributed by atoms with E-state index in [1.165, 1.54) is 0 Å². The number of anilines is 1. The van der Waals surface area contributed by atoms with E-state index in [-0.39, 0.29) is 18.5 Å². The molecule has 10 nitrogen and oxygen atoms in total. The molecular formula is C20H35N7O3. The minimum absolute atomic E-state index is 0.00133. The normalized spacial score (nSPS) is 15.4. The average molecular weight is 422 g/mol. The molecule has 0 aromatic carbocycles. The topological polar surface area (TPSA) is 95.3 Å². The predicted molar refractivity (Wildman–Crippen MR) is 117 cm³/mol. The molecule has 0 saturated carbocycles. The summed E-state index contributed by atoms with van der Waals surface area (Å²) in [5.74, 6) is 0.647. The van der Waals surface area contributed by atoms with E-state index >= 15 is 0 Å². The standard InChI is InChI=1S/C20H35N7O3/c1-7-9-25(19(29)30-20(2,3)4)10-8-22-18(21-5)26-11-12-27(17(28)15-26)16-13-23-24(6)14-16/h13-14H,7-12,15H2,1-6H3,(H,21,22). The Labute approximate surface area is 178 Å². The van der Waals surface area contributed by atoms with Gasteiger partial charge in [0.05, 0.1) is 11.9 Å². The molecule has 0 atom stereocenters. The van der Waals surface area contributed by atoms with Crippen LogP contribution in [0.5, 0.6) is 0 Å². The van der Waals surface area contributed by atoms with Crippen molar-refractivity contribution in [2.24, 2.45) is 12.0 Å². The lowest BCUT2D eigenvalue weighted by Crippen LogP contribution is -2.56. The Morgan fingerprint density at radius 3 is 2.60 bits per heavy atom. The van der Waals surface area contributed by atoms with E-state index in [1.807, 2.05) is 45.8 Å². The molecule has 168 valence electrons. The summed E-state index contributed by atoms with van der Waals surface area (Å²) >= 11 is 0. The van der Waals surface area contributed by atoms with Crippen LogP contribution in [0.4, 0.5) is 10.5 Å². The lowest BCUT2D eigenvalue weighted by molar-refractivity contribution is -0.120. The molecule has 1 N–H and O–H groups in total. The molecule has 1 fully saturated rings. The fourth-order valence-electron chi connectivity index (χ4n) is 3.20. The highest BCUT2D eigenvalue weighted by molar-refractivity contribution is 5.98. The van der Waals surface area contributed by atoms with Gasteiger partial charge in [-0.05, 0) is 27.2 Å². The summed E-state index contributed by atoms with van der Waals surface area (Å²) in [6.07, 6.45) is 4.05. The molecule has 1 aromatic rings. The van der Waals surface area contributed by atoms with Gasteiger partial charge in [0.25, 0.3) is 0 Å². The van der Waals surface area contributed by atoms with Gasteiger partial charge in [0.1, 0.15) is 12.1 Å². The molecule has 1 aliphatic rings. The van der Waals surface area contributed by atoms with Crippen molar-refractivity contribution in [2.75, 3.05) is 51.2 Å². The maximum Gasteiger partial charge on any atom is 0.410 e. The first-order valence-corrected chi connectivity index (χ1v) is 10.4. The number of aryl methyl sites for hydroxylation is 1. The number of carbonyl (C=O) groups is 2. The van der Waals surface area contributed by atoms with Crippen LogP contribution in [0.15, 0.2) is 17.4 Å². The van der Waals surface area contributed by atoms with E-state index in [9.17, 15) is 9.59 Å². The van der Waals surface area contributed by atoms with E-state index in [1.54, 1.807) is 27.7 Å². The van der Waals surface area contributed by atoms with Crippen LogP contribution in [0.1, 0.15) is 34.1 Å². The number of piperazine rings is 1. The molecule has 30 heavy (non-hydrogen) atoms. The van der Waals surface area contributed by atoms with Crippen LogP contribution in [0.3, 0.4) is 0 Å². The van der Waals surface area contributed by atoms with Crippen molar-refractivity contribution < 1.29 is 14.3 Å². The third-order valence-corrected chi connectivity index (χ3v) is 4.55. The Balaban J connectivity index is 1.88. The number of carbonyl (C=O) groups excluding carboxylic acids is 2. The molecule has 1 saturated heterocycles. The lowest BCUT2D eigenvalue weighted by atomic mass is 10.2. The largest absolute Gasteiger partial charge is 0.444 e. The van der Waals surface area contributed by atoms with Crippen LogP contribution >= 0.6 is 0 Å². The Hall–Kier alpha value is -2.78. The smallest absolute Gasteiger partial charge is 0.410 e. The summed E-state index contributed by atoms with van der Waals surface area (Å²) in [5.41, 5.74) is 0.276. The molecule has 0 spiro atoms. The molecule has 1 aliphatic heterocycles. The monoisotopic (exact) mass is 421 g/mol. The second-order valence-corrected chi connectivity index (χ2v) is 8.28. The molecule has 2 amide bonds. The van der Waals surface area contributed by atoms with E-state index in [4.69, 9.17) is 4.74 Å². The highest BCUT2D eigenvalue weighted by Crippen LogP contribution is 2.16. The molecule has 0 radical (unpaired) electrons. The molecule has 2 rings (SSSR count). The van der Waals surface area contributed by atoms with Gasteiger partial charge < -0.3 is 24.8 Å². The minimum atomic E-state index is -0.527. The fourth-order valence-corrected chi connectivity index (χ4v) is 3.20. The van der Waals surface area contributed by atoms with Crippen LogP contribution in [-0.2, 0) is 16.6 Å². The zero-order valence-corrected chi connectivity index (χ0v) is 19.0. The number of ether oxygens (including phenoxy) is 1. The second-order valence-electron chi connectivity index (χ2n) is 8.28. The highest BCUT2D eigenvalue weighted by atomic mass is 16.6. The summed E-state index contributed by atoms with van der Waals surface area (Å²) in [4.78, 5) is 34.7. The van der Waals surface area contributed by atoms with Gasteiger partial charge in [-0.25, -0.2) is 4.79 Å². The van der Waals surface area contributed by atoms with Crippen molar-refractivity contribution in [3.63, 3.8) is 0 Å². The van der Waals surface area contributed by atoms with Gasteiger partial charge in [0.2, 0.25) is 5.91 Å². The summed E-state index contributed by atoms with van der Waals surface area (Å²) in [5, 5.41) is 7.40. The number of amides is 2. The van der Waals surface area contributed by atoms with Crippen LogP contribution in [0.2, 0.25) is 0 Å². The summed E-state index contributed by atoms with van der Waals surface area (Å²) in [7, 11) is 3.52. The Morgan fingerprint density at radius 2 is 2.07 bits per heavy atom. The van der Waals surface area contributed by atoms with Crippen molar-refractivity contribution in [1.29, 1.82) is 0 Å². The Morgan fingerprint density at radius 1 is 1.33 bits per heavy atom. The van der Waals surface area contributed by atoms with Crippen LogP contribution in [0, 0.1) is 0 Å². The van der Waals surface area contributed by atoms with Gasteiger partial charge in [0.15, 0.2) is 5.96 Å². The first kappa shape index (κ1) is 23.5. The van der Waals surface area contributed by atoms with Crippen LogP contribution < -0.4 is 10.2 Å². The molecule has 0 aliphatic carbocycles. The van der Waals surface area contributed by atoms with Gasteiger partial charge in [-0.1, -0.05) is 6.92 Å². The number of aromatic nitrogens is 2. The third kappa shape index (κ3) is 6.64. The number of hydrogen-bond acceptors (Lipinski definition) is 5. The zero-order valence-electron chi connectivity index (χ0n) is 19.0. The first-order valence-electron chi connectivity index (χ1n) is 10.4. The fraction of sp³-hybridized carbons (Fsp3) is 0.700. The number of hydrogen-bond donors (Lipinski definition) is 1. The Bertz CT molecular complexity index is 754. The van der Waals surface area contributed by atoms with E-state index in [2.05, 4.69) is 15.4 Å². The van der Waals surface area contributed by atoms with E-state index < -0.39 is 5.60 Å².